The number of alkyl halides is 3. The highest BCUT2D eigenvalue weighted by atomic mass is 19.4. The van der Waals surface area contributed by atoms with E-state index >= 15 is 0 Å². The number of nitrogens with one attached hydrogen (secondary N) is 1. The van der Waals surface area contributed by atoms with Crippen molar-refractivity contribution >= 4 is 5.91 Å². The molecule has 0 radical (unpaired) electrons. The van der Waals surface area contributed by atoms with Gasteiger partial charge in [0.05, 0.1) is 5.56 Å². The molecule has 1 N–H and O–H groups in total. The first-order valence-electron chi connectivity index (χ1n) is 6.91. The fourth-order valence-corrected chi connectivity index (χ4v) is 2.41. The number of hydrogen-bond donors (Lipinski definition) is 1. The molecule has 1 aromatic rings. The summed E-state index contributed by atoms with van der Waals surface area (Å²) in [5, 5.41) is 3.11. The zero-order chi connectivity index (χ0) is 15.6. The van der Waals surface area contributed by atoms with E-state index in [1.165, 1.54) is 11.0 Å². The topological polar surface area (TPSA) is 32.3 Å². The van der Waals surface area contributed by atoms with Gasteiger partial charge < -0.3 is 10.2 Å². The number of benzene rings is 1. The van der Waals surface area contributed by atoms with Crippen molar-refractivity contribution in [2.45, 2.75) is 19.6 Å². The highest BCUT2D eigenvalue weighted by Gasteiger charge is 2.32. The Balaban J connectivity index is 2.02. The second-order valence-electron chi connectivity index (χ2n) is 5.60. The molecule has 3 nitrogen and oxygen atoms in total. The Kier molecular flexibility index (Phi) is 4.56. The smallest absolute Gasteiger partial charge is 0.341 e. The molecule has 1 aromatic carbocycles. The summed E-state index contributed by atoms with van der Waals surface area (Å²) in [5.74, 6) is 0.183. The standard InChI is InChI=1S/C15H19F3N2O/c1-10(12-7-19-8-12)14(21)20(2)9-11-4-3-5-13(6-11)15(16,17)18/h3-6,10,12,19H,7-9H2,1-2H3. The Hall–Kier alpha value is -1.56. The molecular weight excluding hydrogens is 281 g/mol. The van der Waals surface area contributed by atoms with Crippen molar-refractivity contribution in [1.82, 2.24) is 10.2 Å². The molecule has 2 rings (SSSR count). The molecule has 1 heterocycles. The van der Waals surface area contributed by atoms with Crippen molar-refractivity contribution < 1.29 is 18.0 Å². The number of nitrogens with zero attached hydrogens (tertiary/aromatic N) is 1. The van der Waals surface area contributed by atoms with Crippen molar-refractivity contribution in [3.8, 4) is 0 Å². The van der Waals surface area contributed by atoms with E-state index in [9.17, 15) is 18.0 Å². The van der Waals surface area contributed by atoms with E-state index in [1.54, 1.807) is 13.1 Å². The Morgan fingerprint density at radius 2 is 2.10 bits per heavy atom. The summed E-state index contributed by atoms with van der Waals surface area (Å²) in [7, 11) is 1.63. The number of hydrogen-bond acceptors (Lipinski definition) is 2. The van der Waals surface area contributed by atoms with Crippen molar-refractivity contribution in [1.29, 1.82) is 0 Å². The normalized spacial score (nSPS) is 17.2. The number of carbonyl (C=O) groups excluding carboxylic acids is 1. The van der Waals surface area contributed by atoms with Gasteiger partial charge in [-0.25, -0.2) is 0 Å². The van der Waals surface area contributed by atoms with E-state index in [0.29, 0.717) is 11.5 Å². The Morgan fingerprint density at radius 1 is 1.43 bits per heavy atom. The molecule has 1 amide bonds. The van der Waals surface area contributed by atoms with Gasteiger partial charge in [-0.1, -0.05) is 19.1 Å². The van der Waals surface area contributed by atoms with Crippen LogP contribution in [-0.4, -0.2) is 30.9 Å². The maximum atomic E-state index is 12.7. The van der Waals surface area contributed by atoms with Crippen LogP contribution in [0.15, 0.2) is 24.3 Å². The number of amides is 1. The minimum atomic E-state index is -4.36. The maximum Gasteiger partial charge on any atom is 0.416 e. The Morgan fingerprint density at radius 3 is 2.62 bits per heavy atom. The third kappa shape index (κ3) is 3.75. The summed E-state index contributed by atoms with van der Waals surface area (Å²) in [6.45, 7) is 3.71. The summed E-state index contributed by atoms with van der Waals surface area (Å²) in [4.78, 5) is 13.7. The highest BCUT2D eigenvalue weighted by Crippen LogP contribution is 2.29. The predicted octanol–water partition coefficient (Wildman–Crippen LogP) is 2.52. The zero-order valence-corrected chi connectivity index (χ0v) is 12.1. The van der Waals surface area contributed by atoms with Gasteiger partial charge in [0, 0.05) is 19.5 Å². The zero-order valence-electron chi connectivity index (χ0n) is 12.1. The molecule has 0 aromatic heterocycles. The van der Waals surface area contributed by atoms with Crippen LogP contribution in [0.4, 0.5) is 13.2 Å². The lowest BCUT2D eigenvalue weighted by Gasteiger charge is -2.34. The van der Waals surface area contributed by atoms with E-state index < -0.39 is 11.7 Å². The first-order chi connectivity index (χ1) is 9.79. The molecule has 1 saturated heterocycles. The van der Waals surface area contributed by atoms with Crippen LogP contribution in [-0.2, 0) is 17.5 Å². The average molecular weight is 300 g/mol. The summed E-state index contributed by atoms with van der Waals surface area (Å²) in [6, 6.07) is 5.11. The molecule has 0 spiro atoms. The number of carbonyl (C=O) groups is 1. The minimum absolute atomic E-state index is 0.0288. The van der Waals surface area contributed by atoms with Gasteiger partial charge in [0.2, 0.25) is 5.91 Å². The predicted molar refractivity (Wildman–Crippen MR) is 73.4 cm³/mol. The molecule has 116 valence electrons. The molecule has 0 saturated carbocycles. The largest absolute Gasteiger partial charge is 0.416 e. The first kappa shape index (κ1) is 15.8. The van der Waals surface area contributed by atoms with E-state index in [-0.39, 0.29) is 18.4 Å². The number of rotatable bonds is 4. The van der Waals surface area contributed by atoms with Crippen LogP contribution in [0.3, 0.4) is 0 Å². The van der Waals surface area contributed by atoms with Gasteiger partial charge in [-0.3, -0.25) is 4.79 Å². The molecular formula is C15H19F3N2O. The second-order valence-corrected chi connectivity index (χ2v) is 5.60. The maximum absolute atomic E-state index is 12.7. The van der Waals surface area contributed by atoms with Crippen molar-refractivity contribution in [2.75, 3.05) is 20.1 Å². The van der Waals surface area contributed by atoms with Crippen molar-refractivity contribution in [3.05, 3.63) is 35.4 Å². The summed E-state index contributed by atoms with van der Waals surface area (Å²) in [5.41, 5.74) is -0.198. The monoisotopic (exact) mass is 300 g/mol. The lowest BCUT2D eigenvalue weighted by Crippen LogP contribution is -2.49. The summed E-state index contributed by atoms with van der Waals surface area (Å²) >= 11 is 0. The summed E-state index contributed by atoms with van der Waals surface area (Å²) < 4.78 is 38.0. The lowest BCUT2D eigenvalue weighted by atomic mass is 9.88. The van der Waals surface area contributed by atoms with Gasteiger partial charge in [0.25, 0.3) is 0 Å². The van der Waals surface area contributed by atoms with Gasteiger partial charge >= 0.3 is 6.18 Å². The van der Waals surface area contributed by atoms with Crippen LogP contribution >= 0.6 is 0 Å². The average Bonchev–Trinajstić information content (AvgIpc) is 2.35. The van der Waals surface area contributed by atoms with E-state index in [1.807, 2.05) is 6.92 Å². The molecule has 1 fully saturated rings. The minimum Gasteiger partial charge on any atom is -0.341 e. The van der Waals surface area contributed by atoms with E-state index in [2.05, 4.69) is 5.32 Å². The molecule has 1 aliphatic heterocycles. The van der Waals surface area contributed by atoms with E-state index in [4.69, 9.17) is 0 Å². The molecule has 21 heavy (non-hydrogen) atoms. The van der Waals surface area contributed by atoms with Gasteiger partial charge in [0.15, 0.2) is 0 Å². The van der Waals surface area contributed by atoms with Crippen LogP contribution in [0, 0.1) is 11.8 Å². The van der Waals surface area contributed by atoms with Gasteiger partial charge in [-0.05, 0) is 36.7 Å². The molecule has 0 bridgehead atoms. The van der Waals surface area contributed by atoms with Crippen molar-refractivity contribution in [2.24, 2.45) is 11.8 Å². The van der Waals surface area contributed by atoms with Gasteiger partial charge in [-0.2, -0.15) is 13.2 Å². The van der Waals surface area contributed by atoms with Crippen molar-refractivity contribution in [3.63, 3.8) is 0 Å². The SMILES string of the molecule is CC(C(=O)N(C)Cc1cccc(C(F)(F)F)c1)C1CNC1. The molecule has 1 atom stereocenters. The van der Waals surface area contributed by atoms with Crippen LogP contribution < -0.4 is 5.32 Å². The lowest BCUT2D eigenvalue weighted by molar-refractivity contribution is -0.137. The molecule has 1 unspecified atom stereocenters. The fourth-order valence-electron chi connectivity index (χ4n) is 2.41. The summed E-state index contributed by atoms with van der Waals surface area (Å²) in [6.07, 6.45) is -4.36. The van der Waals surface area contributed by atoms with Gasteiger partial charge in [-0.15, -0.1) is 0 Å². The quantitative estimate of drug-likeness (QED) is 0.926. The molecule has 0 aliphatic carbocycles. The van der Waals surface area contributed by atoms with Gasteiger partial charge in [0.1, 0.15) is 0 Å². The van der Waals surface area contributed by atoms with E-state index in [0.717, 1.165) is 25.2 Å². The number of halogens is 3. The van der Waals surface area contributed by atoms with Crippen LogP contribution in [0.25, 0.3) is 0 Å². The fraction of sp³-hybridized carbons (Fsp3) is 0.533. The van der Waals surface area contributed by atoms with Crippen LogP contribution in [0.5, 0.6) is 0 Å². The molecule has 6 heteroatoms. The third-order valence-corrected chi connectivity index (χ3v) is 3.96. The second kappa shape index (κ2) is 6.05. The Bertz CT molecular complexity index is 512. The third-order valence-electron chi connectivity index (χ3n) is 3.96. The highest BCUT2D eigenvalue weighted by molar-refractivity contribution is 5.78. The van der Waals surface area contributed by atoms with Crippen LogP contribution in [0.1, 0.15) is 18.1 Å². The molecule has 1 aliphatic rings. The van der Waals surface area contributed by atoms with Crippen LogP contribution in [0.2, 0.25) is 0 Å². The first-order valence-corrected chi connectivity index (χ1v) is 6.91. The Labute approximate surface area is 122 Å².